The average molecular weight is 286 g/mol. The molecule has 1 N–H and O–H groups in total. The van der Waals surface area contributed by atoms with E-state index < -0.39 is 0 Å². The summed E-state index contributed by atoms with van der Waals surface area (Å²) in [6, 6.07) is 11.3. The lowest BCUT2D eigenvalue weighted by molar-refractivity contribution is 0.0641. The number of benzene rings is 1. The molecule has 1 saturated heterocycles. The molecule has 0 atom stereocenters. The number of amides is 1. The fourth-order valence-corrected chi connectivity index (χ4v) is 2.60. The van der Waals surface area contributed by atoms with E-state index in [-0.39, 0.29) is 12.5 Å². The Morgan fingerprint density at radius 2 is 2.00 bits per heavy atom. The van der Waals surface area contributed by atoms with Gasteiger partial charge in [0, 0.05) is 31.3 Å². The monoisotopic (exact) mass is 286 g/mol. The molecular formula is C16H18N2O3. The topological polar surface area (TPSA) is 66.6 Å². The summed E-state index contributed by atoms with van der Waals surface area (Å²) in [7, 11) is 0. The Morgan fingerprint density at radius 1 is 1.29 bits per heavy atom. The number of aliphatic hydroxyl groups excluding tert-OH is 1. The second kappa shape index (κ2) is 6.10. The van der Waals surface area contributed by atoms with Crippen LogP contribution in [0.5, 0.6) is 0 Å². The fraction of sp³-hybridized carbons (Fsp3) is 0.375. The van der Waals surface area contributed by atoms with Gasteiger partial charge in [0.25, 0.3) is 5.91 Å². The quantitative estimate of drug-likeness (QED) is 0.939. The molecule has 5 nitrogen and oxygen atoms in total. The summed E-state index contributed by atoms with van der Waals surface area (Å²) in [6.45, 7) is 1.53. The first-order valence-corrected chi connectivity index (χ1v) is 7.20. The number of hydrogen-bond donors (Lipinski definition) is 1. The average Bonchev–Trinajstić information content (AvgIpc) is 3.05. The van der Waals surface area contributed by atoms with Gasteiger partial charge in [-0.15, -0.1) is 0 Å². The van der Waals surface area contributed by atoms with Crippen LogP contribution in [0.15, 0.2) is 40.9 Å². The maximum atomic E-state index is 12.4. The summed E-state index contributed by atoms with van der Waals surface area (Å²) in [5.74, 6) is 0.813. The minimum atomic E-state index is -0.0997. The number of hydrogen-bond acceptors (Lipinski definition) is 4. The smallest absolute Gasteiger partial charge is 0.276 e. The fourth-order valence-electron chi connectivity index (χ4n) is 2.60. The van der Waals surface area contributed by atoms with Crippen molar-refractivity contribution in [2.45, 2.75) is 12.8 Å². The van der Waals surface area contributed by atoms with Crippen molar-refractivity contribution in [1.29, 1.82) is 0 Å². The van der Waals surface area contributed by atoms with E-state index in [9.17, 15) is 4.79 Å². The van der Waals surface area contributed by atoms with Crippen LogP contribution in [0.2, 0.25) is 0 Å². The molecule has 1 fully saturated rings. The van der Waals surface area contributed by atoms with Crippen LogP contribution in [0.4, 0.5) is 0 Å². The highest BCUT2D eigenvalue weighted by Crippen LogP contribution is 2.22. The van der Waals surface area contributed by atoms with Crippen LogP contribution < -0.4 is 0 Å². The lowest BCUT2D eigenvalue weighted by atomic mass is 9.98. The van der Waals surface area contributed by atoms with Crippen molar-refractivity contribution in [2.75, 3.05) is 19.7 Å². The van der Waals surface area contributed by atoms with Gasteiger partial charge in [0.05, 0.1) is 0 Å². The third-order valence-corrected chi connectivity index (χ3v) is 3.95. The highest BCUT2D eigenvalue weighted by molar-refractivity contribution is 5.93. The van der Waals surface area contributed by atoms with Crippen LogP contribution in [0.3, 0.4) is 0 Å². The molecule has 0 spiro atoms. The van der Waals surface area contributed by atoms with Gasteiger partial charge < -0.3 is 14.5 Å². The largest absolute Gasteiger partial charge is 0.396 e. The highest BCUT2D eigenvalue weighted by atomic mass is 16.5. The molecule has 1 aliphatic heterocycles. The van der Waals surface area contributed by atoms with Gasteiger partial charge in [-0.05, 0) is 18.8 Å². The Hall–Kier alpha value is -2.14. The first kappa shape index (κ1) is 13.8. The Kier molecular flexibility index (Phi) is 4.01. The SMILES string of the molecule is O=C(c1cc(-c2ccccc2)on1)N1CCC(CO)CC1. The van der Waals surface area contributed by atoms with E-state index in [0.29, 0.717) is 30.5 Å². The van der Waals surface area contributed by atoms with E-state index >= 15 is 0 Å². The molecule has 1 aromatic heterocycles. The molecule has 0 bridgehead atoms. The minimum absolute atomic E-state index is 0.0997. The molecule has 0 unspecified atom stereocenters. The number of nitrogens with zero attached hydrogens (tertiary/aromatic N) is 2. The van der Waals surface area contributed by atoms with Gasteiger partial charge in [0.1, 0.15) is 0 Å². The Bertz CT molecular complexity index is 601. The zero-order valence-corrected chi connectivity index (χ0v) is 11.7. The zero-order valence-electron chi connectivity index (χ0n) is 11.7. The summed E-state index contributed by atoms with van der Waals surface area (Å²) in [6.07, 6.45) is 1.68. The van der Waals surface area contributed by atoms with Gasteiger partial charge in [-0.25, -0.2) is 0 Å². The minimum Gasteiger partial charge on any atom is -0.396 e. The van der Waals surface area contributed by atoms with Gasteiger partial charge in [-0.3, -0.25) is 4.79 Å². The second-order valence-electron chi connectivity index (χ2n) is 5.36. The number of aliphatic hydroxyl groups is 1. The molecule has 1 aliphatic rings. The Labute approximate surface area is 123 Å². The van der Waals surface area contributed by atoms with Gasteiger partial charge in [-0.2, -0.15) is 0 Å². The molecule has 2 aromatic rings. The van der Waals surface area contributed by atoms with Crippen molar-refractivity contribution in [3.63, 3.8) is 0 Å². The standard InChI is InChI=1S/C16H18N2O3/c19-11-12-6-8-18(9-7-12)16(20)14-10-15(21-17-14)13-4-2-1-3-5-13/h1-5,10,12,19H,6-9,11H2. The summed E-state index contributed by atoms with van der Waals surface area (Å²) in [4.78, 5) is 14.2. The number of carbonyl (C=O) groups excluding carboxylic acids is 1. The molecule has 2 heterocycles. The van der Waals surface area contributed by atoms with Crippen molar-refractivity contribution >= 4 is 5.91 Å². The molecule has 1 aromatic carbocycles. The first-order chi connectivity index (χ1) is 10.3. The molecular weight excluding hydrogens is 268 g/mol. The van der Waals surface area contributed by atoms with E-state index in [0.717, 1.165) is 18.4 Å². The third-order valence-electron chi connectivity index (χ3n) is 3.95. The Morgan fingerprint density at radius 3 is 2.67 bits per heavy atom. The summed E-state index contributed by atoms with van der Waals surface area (Å²) in [5.41, 5.74) is 1.25. The van der Waals surface area contributed by atoms with Crippen molar-refractivity contribution in [3.05, 3.63) is 42.1 Å². The van der Waals surface area contributed by atoms with Gasteiger partial charge in [-0.1, -0.05) is 35.5 Å². The van der Waals surface area contributed by atoms with Crippen LogP contribution in [0, 0.1) is 5.92 Å². The molecule has 0 aliphatic carbocycles. The van der Waals surface area contributed by atoms with Crippen molar-refractivity contribution in [2.24, 2.45) is 5.92 Å². The van der Waals surface area contributed by atoms with Crippen LogP contribution in [0.1, 0.15) is 23.3 Å². The molecule has 1 amide bonds. The number of carbonyl (C=O) groups is 1. The van der Waals surface area contributed by atoms with Crippen LogP contribution >= 0.6 is 0 Å². The van der Waals surface area contributed by atoms with E-state index in [4.69, 9.17) is 9.63 Å². The first-order valence-electron chi connectivity index (χ1n) is 7.20. The van der Waals surface area contributed by atoms with Crippen LogP contribution in [-0.2, 0) is 0 Å². The number of piperidine rings is 1. The molecule has 0 saturated carbocycles. The number of likely N-dealkylation sites (tertiary alicyclic amines) is 1. The van der Waals surface area contributed by atoms with Gasteiger partial charge in [0.2, 0.25) is 0 Å². The highest BCUT2D eigenvalue weighted by Gasteiger charge is 2.25. The maximum Gasteiger partial charge on any atom is 0.276 e. The molecule has 5 heteroatoms. The van der Waals surface area contributed by atoms with Gasteiger partial charge in [0.15, 0.2) is 11.5 Å². The zero-order chi connectivity index (χ0) is 14.7. The maximum absolute atomic E-state index is 12.4. The van der Waals surface area contributed by atoms with Gasteiger partial charge >= 0.3 is 0 Å². The van der Waals surface area contributed by atoms with E-state index in [2.05, 4.69) is 5.16 Å². The Balaban J connectivity index is 1.70. The molecule has 3 rings (SSSR count). The summed E-state index contributed by atoms with van der Waals surface area (Å²) < 4.78 is 5.27. The van der Waals surface area contributed by atoms with Crippen molar-refractivity contribution in [1.82, 2.24) is 10.1 Å². The van der Waals surface area contributed by atoms with E-state index in [1.54, 1.807) is 11.0 Å². The lowest BCUT2D eigenvalue weighted by Crippen LogP contribution is -2.39. The molecule has 110 valence electrons. The van der Waals surface area contributed by atoms with Crippen LogP contribution in [-0.4, -0.2) is 40.8 Å². The lowest BCUT2D eigenvalue weighted by Gasteiger charge is -2.30. The predicted molar refractivity (Wildman–Crippen MR) is 77.7 cm³/mol. The van der Waals surface area contributed by atoms with Crippen molar-refractivity contribution < 1.29 is 14.4 Å². The number of aromatic nitrogens is 1. The summed E-state index contributed by atoms with van der Waals surface area (Å²) >= 11 is 0. The molecule has 0 radical (unpaired) electrons. The van der Waals surface area contributed by atoms with E-state index in [1.807, 2.05) is 30.3 Å². The number of rotatable bonds is 3. The van der Waals surface area contributed by atoms with Crippen molar-refractivity contribution in [3.8, 4) is 11.3 Å². The predicted octanol–water partition coefficient (Wildman–Crippen LogP) is 2.19. The van der Waals surface area contributed by atoms with E-state index in [1.165, 1.54) is 0 Å². The normalized spacial score (nSPS) is 16.1. The second-order valence-corrected chi connectivity index (χ2v) is 5.36. The third kappa shape index (κ3) is 2.97. The van der Waals surface area contributed by atoms with Crippen LogP contribution in [0.25, 0.3) is 11.3 Å². The summed E-state index contributed by atoms with van der Waals surface area (Å²) in [5, 5.41) is 13.0. The molecule has 21 heavy (non-hydrogen) atoms.